The molecule has 0 spiro atoms. The largest absolute Gasteiger partial charge is 0.507 e. The number of ketones is 1. The molecule has 1 atom stereocenters. The Hall–Kier alpha value is -4.20. The van der Waals surface area contributed by atoms with Crippen molar-refractivity contribution in [1.82, 2.24) is 4.90 Å². The summed E-state index contributed by atoms with van der Waals surface area (Å²) in [6, 6.07) is 11.4. The molecule has 1 unspecified atom stereocenters. The smallest absolute Gasteiger partial charge is 0.296 e. The number of amides is 1. The molecule has 8 nitrogen and oxygen atoms in total. The predicted molar refractivity (Wildman–Crippen MR) is 122 cm³/mol. The molecule has 3 aromatic rings. The SMILES string of the molecule is COc1c(C)cc(C)cc1/C(O)=C1/C(=O)C(=O)N(Cc2ccc3c(c2)OCO3)C1c1ccco1. The van der Waals surface area contributed by atoms with Gasteiger partial charge in [0.2, 0.25) is 6.79 Å². The predicted octanol–water partition coefficient (Wildman–Crippen LogP) is 4.26. The summed E-state index contributed by atoms with van der Waals surface area (Å²) in [5.41, 5.74) is 2.71. The van der Waals surface area contributed by atoms with E-state index in [1.807, 2.05) is 19.9 Å². The molecule has 174 valence electrons. The third-order valence-corrected chi connectivity index (χ3v) is 6.02. The molecule has 1 fully saturated rings. The minimum atomic E-state index is -0.911. The van der Waals surface area contributed by atoms with Gasteiger partial charge in [0.05, 0.1) is 24.5 Å². The molecule has 0 aliphatic carbocycles. The van der Waals surface area contributed by atoms with Crippen LogP contribution in [0.3, 0.4) is 0 Å². The second-order valence-electron chi connectivity index (χ2n) is 8.29. The zero-order chi connectivity index (χ0) is 24.0. The van der Waals surface area contributed by atoms with Gasteiger partial charge in [-0.05, 0) is 60.9 Å². The van der Waals surface area contributed by atoms with E-state index in [9.17, 15) is 14.7 Å². The van der Waals surface area contributed by atoms with Crippen LogP contribution in [0.25, 0.3) is 5.76 Å². The zero-order valence-electron chi connectivity index (χ0n) is 19.0. The number of nitrogens with zero attached hydrogens (tertiary/aromatic N) is 1. The first-order valence-corrected chi connectivity index (χ1v) is 10.7. The van der Waals surface area contributed by atoms with E-state index in [1.54, 1.807) is 36.4 Å². The van der Waals surface area contributed by atoms with Crippen molar-refractivity contribution < 1.29 is 33.3 Å². The van der Waals surface area contributed by atoms with Crippen LogP contribution in [0.5, 0.6) is 17.2 Å². The fourth-order valence-corrected chi connectivity index (χ4v) is 4.57. The summed E-state index contributed by atoms with van der Waals surface area (Å²) in [7, 11) is 1.50. The van der Waals surface area contributed by atoms with Gasteiger partial charge in [0.25, 0.3) is 11.7 Å². The zero-order valence-corrected chi connectivity index (χ0v) is 19.0. The monoisotopic (exact) mass is 461 g/mol. The van der Waals surface area contributed by atoms with Gasteiger partial charge in [-0.15, -0.1) is 0 Å². The molecule has 8 heteroatoms. The number of aliphatic hydroxyl groups is 1. The lowest BCUT2D eigenvalue weighted by atomic mass is 9.96. The first-order chi connectivity index (χ1) is 16.4. The number of hydrogen-bond acceptors (Lipinski definition) is 7. The van der Waals surface area contributed by atoms with Gasteiger partial charge in [-0.2, -0.15) is 0 Å². The number of carbonyl (C=O) groups is 2. The van der Waals surface area contributed by atoms with E-state index in [0.717, 1.165) is 16.7 Å². The van der Waals surface area contributed by atoms with Gasteiger partial charge in [-0.3, -0.25) is 9.59 Å². The van der Waals surface area contributed by atoms with Crippen molar-refractivity contribution in [2.45, 2.75) is 26.4 Å². The average molecular weight is 461 g/mol. The van der Waals surface area contributed by atoms with Crippen molar-refractivity contribution in [2.75, 3.05) is 13.9 Å². The van der Waals surface area contributed by atoms with Crippen molar-refractivity contribution >= 4 is 17.4 Å². The van der Waals surface area contributed by atoms with Crippen LogP contribution in [0.15, 0.2) is 58.7 Å². The summed E-state index contributed by atoms with van der Waals surface area (Å²) < 4.78 is 21.9. The quantitative estimate of drug-likeness (QED) is 0.344. The number of aliphatic hydroxyl groups excluding tert-OH is 1. The minimum absolute atomic E-state index is 0.0519. The van der Waals surface area contributed by atoms with E-state index in [4.69, 9.17) is 18.6 Å². The highest BCUT2D eigenvalue weighted by Crippen LogP contribution is 2.43. The van der Waals surface area contributed by atoms with Gasteiger partial charge < -0.3 is 28.6 Å². The van der Waals surface area contributed by atoms with Gasteiger partial charge >= 0.3 is 0 Å². The summed E-state index contributed by atoms with van der Waals surface area (Å²) in [5, 5.41) is 11.4. The molecule has 1 N–H and O–H groups in total. The van der Waals surface area contributed by atoms with Crippen LogP contribution in [0.1, 0.15) is 34.1 Å². The number of fused-ring (bicyclic) bond motifs is 1. The third-order valence-electron chi connectivity index (χ3n) is 6.02. The number of hydrogen-bond donors (Lipinski definition) is 1. The normalized spacial score (nSPS) is 18.6. The summed E-state index contributed by atoms with van der Waals surface area (Å²) in [5.74, 6) is 0.161. The lowest BCUT2D eigenvalue weighted by Gasteiger charge is -2.23. The number of ether oxygens (including phenoxy) is 3. The van der Waals surface area contributed by atoms with Crippen molar-refractivity contribution in [1.29, 1.82) is 0 Å². The van der Waals surface area contributed by atoms with Crippen molar-refractivity contribution in [3.05, 3.63) is 82.3 Å². The number of likely N-dealkylation sites (tertiary alicyclic amines) is 1. The van der Waals surface area contributed by atoms with E-state index in [1.165, 1.54) is 18.3 Å². The number of rotatable bonds is 5. The Balaban J connectivity index is 1.63. The molecule has 0 radical (unpaired) electrons. The second kappa shape index (κ2) is 8.30. The number of Topliss-reactive ketones (excluding diaryl/α,β-unsaturated/α-hetero) is 1. The van der Waals surface area contributed by atoms with E-state index >= 15 is 0 Å². The molecule has 2 aromatic carbocycles. The molecule has 2 aliphatic heterocycles. The Labute approximate surface area is 196 Å². The lowest BCUT2D eigenvalue weighted by Crippen LogP contribution is -2.29. The summed E-state index contributed by atoms with van der Waals surface area (Å²) in [6.45, 7) is 3.97. The fraction of sp³-hybridized carbons (Fsp3) is 0.231. The average Bonchev–Trinajstić information content (AvgIpc) is 3.55. The molecule has 0 bridgehead atoms. The molecule has 5 rings (SSSR count). The highest BCUT2D eigenvalue weighted by molar-refractivity contribution is 6.46. The first kappa shape index (κ1) is 21.6. The van der Waals surface area contributed by atoms with Gasteiger partial charge in [-0.25, -0.2) is 0 Å². The van der Waals surface area contributed by atoms with Crippen LogP contribution in [-0.2, 0) is 16.1 Å². The maximum absolute atomic E-state index is 13.2. The lowest BCUT2D eigenvalue weighted by molar-refractivity contribution is -0.140. The van der Waals surface area contributed by atoms with Crippen LogP contribution in [-0.4, -0.2) is 35.6 Å². The topological polar surface area (TPSA) is 98.4 Å². The van der Waals surface area contributed by atoms with Gasteiger partial charge in [0.15, 0.2) is 11.5 Å². The van der Waals surface area contributed by atoms with Crippen molar-refractivity contribution in [3.63, 3.8) is 0 Å². The molecule has 0 saturated carbocycles. The van der Waals surface area contributed by atoms with Crippen molar-refractivity contribution in [2.24, 2.45) is 0 Å². The number of carbonyl (C=O) groups excluding carboxylic acids is 2. The molecular weight excluding hydrogens is 438 g/mol. The highest BCUT2D eigenvalue weighted by atomic mass is 16.7. The molecule has 1 aromatic heterocycles. The maximum Gasteiger partial charge on any atom is 0.296 e. The number of furan rings is 1. The van der Waals surface area contributed by atoms with E-state index in [0.29, 0.717) is 28.6 Å². The van der Waals surface area contributed by atoms with Gasteiger partial charge in [-0.1, -0.05) is 12.1 Å². The van der Waals surface area contributed by atoms with Crippen LogP contribution < -0.4 is 14.2 Å². The number of benzene rings is 2. The molecule has 1 saturated heterocycles. The van der Waals surface area contributed by atoms with E-state index in [-0.39, 0.29) is 24.7 Å². The highest BCUT2D eigenvalue weighted by Gasteiger charge is 2.47. The Morgan fingerprint density at radius 2 is 1.91 bits per heavy atom. The Bertz CT molecular complexity index is 1320. The third kappa shape index (κ3) is 3.48. The standard InChI is InChI=1S/C26H23NO7/c1-14-9-15(2)25(31-3)17(10-14)23(28)21-22(19-5-4-8-32-19)27(26(30)24(21)29)12-16-6-7-18-20(11-16)34-13-33-18/h4-11,22,28H,12-13H2,1-3H3/b23-21-. The molecule has 1 amide bonds. The summed E-state index contributed by atoms with van der Waals surface area (Å²) in [6.07, 6.45) is 1.47. The maximum atomic E-state index is 13.2. The van der Waals surface area contributed by atoms with E-state index < -0.39 is 17.7 Å². The minimum Gasteiger partial charge on any atom is -0.507 e. The Kier molecular flexibility index (Phi) is 5.28. The fourth-order valence-electron chi connectivity index (χ4n) is 4.57. The van der Waals surface area contributed by atoms with Crippen LogP contribution in [0, 0.1) is 13.8 Å². The second-order valence-corrected chi connectivity index (χ2v) is 8.29. The summed E-state index contributed by atoms with van der Waals surface area (Å²) >= 11 is 0. The molecule has 2 aliphatic rings. The van der Waals surface area contributed by atoms with Gasteiger partial charge in [0, 0.05) is 6.54 Å². The van der Waals surface area contributed by atoms with Crippen LogP contribution in [0.4, 0.5) is 0 Å². The number of aryl methyl sites for hydroxylation is 2. The number of methoxy groups -OCH3 is 1. The summed E-state index contributed by atoms with van der Waals surface area (Å²) in [4.78, 5) is 27.8. The Morgan fingerprint density at radius 1 is 1.12 bits per heavy atom. The van der Waals surface area contributed by atoms with E-state index in [2.05, 4.69) is 0 Å². The molecular formula is C26H23NO7. The van der Waals surface area contributed by atoms with Crippen molar-refractivity contribution in [3.8, 4) is 17.2 Å². The molecule has 34 heavy (non-hydrogen) atoms. The Morgan fingerprint density at radius 3 is 2.65 bits per heavy atom. The van der Waals surface area contributed by atoms with Crippen LogP contribution in [0.2, 0.25) is 0 Å². The van der Waals surface area contributed by atoms with Gasteiger partial charge in [0.1, 0.15) is 23.3 Å². The first-order valence-electron chi connectivity index (χ1n) is 10.7. The molecule has 3 heterocycles. The van der Waals surface area contributed by atoms with Crippen LogP contribution >= 0.6 is 0 Å².